The summed E-state index contributed by atoms with van der Waals surface area (Å²) in [4.78, 5) is 15.9. The van der Waals surface area contributed by atoms with Crippen molar-refractivity contribution < 1.29 is 14.3 Å². The minimum absolute atomic E-state index is 0.0976. The van der Waals surface area contributed by atoms with Crippen LogP contribution >= 0.6 is 0 Å². The summed E-state index contributed by atoms with van der Waals surface area (Å²) in [5, 5.41) is 6.62. The summed E-state index contributed by atoms with van der Waals surface area (Å²) in [6, 6.07) is 15.5. The van der Waals surface area contributed by atoms with E-state index in [2.05, 4.69) is 29.4 Å². The number of carbonyl (C=O) groups excluding carboxylic acids is 1. The SMILES string of the molecule is COc1ccc(C)cc1NC(=O)[C@H](NC[C@H](C(C)C)N1CCOCC1)c1ccccc1. The first-order valence-corrected chi connectivity index (χ1v) is 11.0. The largest absolute Gasteiger partial charge is 0.495 e. The van der Waals surface area contributed by atoms with E-state index in [-0.39, 0.29) is 5.91 Å². The molecule has 0 spiro atoms. The van der Waals surface area contributed by atoms with E-state index < -0.39 is 6.04 Å². The molecule has 0 unspecified atom stereocenters. The first-order valence-electron chi connectivity index (χ1n) is 11.0. The fourth-order valence-corrected chi connectivity index (χ4v) is 4.07. The maximum absolute atomic E-state index is 13.4. The zero-order valence-corrected chi connectivity index (χ0v) is 19.1. The molecule has 1 heterocycles. The molecule has 2 N–H and O–H groups in total. The number of methoxy groups -OCH3 is 1. The van der Waals surface area contributed by atoms with Gasteiger partial charge in [0, 0.05) is 25.7 Å². The van der Waals surface area contributed by atoms with Gasteiger partial charge in [0.1, 0.15) is 11.8 Å². The number of aryl methyl sites for hydroxylation is 1. The van der Waals surface area contributed by atoms with Crippen molar-refractivity contribution >= 4 is 11.6 Å². The Morgan fingerprint density at radius 2 is 1.84 bits per heavy atom. The Labute approximate surface area is 185 Å². The quantitative estimate of drug-likeness (QED) is 0.642. The Kier molecular flexibility index (Phi) is 8.46. The zero-order chi connectivity index (χ0) is 22.2. The Morgan fingerprint density at radius 1 is 1.13 bits per heavy atom. The lowest BCUT2D eigenvalue weighted by Gasteiger charge is -2.37. The minimum Gasteiger partial charge on any atom is -0.495 e. The number of hydrogen-bond donors (Lipinski definition) is 2. The first-order chi connectivity index (χ1) is 15.0. The first kappa shape index (κ1) is 23.3. The van der Waals surface area contributed by atoms with Gasteiger partial charge in [0.25, 0.3) is 0 Å². The summed E-state index contributed by atoms with van der Waals surface area (Å²) in [5.74, 6) is 1.01. The number of carbonyl (C=O) groups is 1. The minimum atomic E-state index is -0.464. The van der Waals surface area contributed by atoms with Gasteiger partial charge in [-0.05, 0) is 36.1 Å². The smallest absolute Gasteiger partial charge is 0.246 e. The maximum Gasteiger partial charge on any atom is 0.246 e. The lowest BCUT2D eigenvalue weighted by atomic mass is 10.00. The topological polar surface area (TPSA) is 62.8 Å². The molecule has 0 bridgehead atoms. The normalized spacial score (nSPS) is 16.7. The molecule has 168 valence electrons. The molecule has 6 heteroatoms. The van der Waals surface area contributed by atoms with Crippen LogP contribution in [0, 0.1) is 12.8 Å². The van der Waals surface area contributed by atoms with Gasteiger partial charge >= 0.3 is 0 Å². The third kappa shape index (κ3) is 6.29. The number of amides is 1. The summed E-state index contributed by atoms with van der Waals surface area (Å²) in [6.07, 6.45) is 0. The second-order valence-corrected chi connectivity index (χ2v) is 8.40. The van der Waals surface area contributed by atoms with E-state index in [1.54, 1.807) is 7.11 Å². The number of rotatable bonds is 9. The fraction of sp³-hybridized carbons (Fsp3) is 0.480. The molecule has 1 aliphatic heterocycles. The number of nitrogens with one attached hydrogen (secondary N) is 2. The second-order valence-electron chi connectivity index (χ2n) is 8.40. The molecule has 31 heavy (non-hydrogen) atoms. The number of ether oxygens (including phenoxy) is 2. The molecule has 0 aromatic heterocycles. The summed E-state index contributed by atoms with van der Waals surface area (Å²) in [7, 11) is 1.61. The van der Waals surface area contributed by atoms with E-state index in [9.17, 15) is 4.79 Å². The van der Waals surface area contributed by atoms with E-state index in [1.807, 2.05) is 55.5 Å². The zero-order valence-electron chi connectivity index (χ0n) is 19.1. The van der Waals surface area contributed by atoms with Crippen LogP contribution in [0.4, 0.5) is 5.69 Å². The average molecular weight is 426 g/mol. The summed E-state index contributed by atoms with van der Waals surface area (Å²) in [5.41, 5.74) is 2.69. The van der Waals surface area contributed by atoms with Crippen LogP contribution in [-0.4, -0.2) is 56.8 Å². The van der Waals surface area contributed by atoms with Gasteiger partial charge in [-0.3, -0.25) is 9.69 Å². The molecule has 1 aliphatic rings. The van der Waals surface area contributed by atoms with E-state index in [1.165, 1.54) is 0 Å². The molecular weight excluding hydrogens is 390 g/mol. The summed E-state index contributed by atoms with van der Waals surface area (Å²) >= 11 is 0. The van der Waals surface area contributed by atoms with Crippen molar-refractivity contribution in [3.8, 4) is 5.75 Å². The van der Waals surface area contributed by atoms with Gasteiger partial charge in [0.2, 0.25) is 5.91 Å². The van der Waals surface area contributed by atoms with Crippen molar-refractivity contribution in [2.75, 3.05) is 45.3 Å². The molecule has 0 saturated carbocycles. The molecule has 1 saturated heterocycles. The Bertz CT molecular complexity index is 835. The fourth-order valence-electron chi connectivity index (χ4n) is 4.07. The third-order valence-corrected chi connectivity index (χ3v) is 5.82. The second kappa shape index (κ2) is 11.3. The highest BCUT2D eigenvalue weighted by molar-refractivity contribution is 5.96. The number of hydrogen-bond acceptors (Lipinski definition) is 5. The highest BCUT2D eigenvalue weighted by atomic mass is 16.5. The third-order valence-electron chi connectivity index (χ3n) is 5.82. The van der Waals surface area contributed by atoms with Crippen LogP contribution in [0.1, 0.15) is 31.0 Å². The highest BCUT2D eigenvalue weighted by Gasteiger charge is 2.27. The van der Waals surface area contributed by atoms with E-state index in [0.717, 1.165) is 44.0 Å². The van der Waals surface area contributed by atoms with Crippen LogP contribution in [-0.2, 0) is 9.53 Å². The van der Waals surface area contributed by atoms with Crippen molar-refractivity contribution in [1.82, 2.24) is 10.2 Å². The van der Waals surface area contributed by atoms with Gasteiger partial charge in [-0.25, -0.2) is 0 Å². The van der Waals surface area contributed by atoms with Gasteiger partial charge in [-0.2, -0.15) is 0 Å². The van der Waals surface area contributed by atoms with Crippen LogP contribution < -0.4 is 15.4 Å². The molecule has 0 radical (unpaired) electrons. The number of benzene rings is 2. The van der Waals surface area contributed by atoms with Gasteiger partial charge in [-0.1, -0.05) is 50.2 Å². The van der Waals surface area contributed by atoms with E-state index in [4.69, 9.17) is 9.47 Å². The lowest BCUT2D eigenvalue weighted by molar-refractivity contribution is -0.118. The molecule has 0 aliphatic carbocycles. The highest BCUT2D eigenvalue weighted by Crippen LogP contribution is 2.27. The van der Waals surface area contributed by atoms with Gasteiger partial charge in [-0.15, -0.1) is 0 Å². The average Bonchev–Trinajstić information content (AvgIpc) is 2.78. The Balaban J connectivity index is 1.78. The molecule has 2 aromatic rings. The summed E-state index contributed by atoms with van der Waals surface area (Å²) < 4.78 is 11.0. The predicted octanol–water partition coefficient (Wildman–Crippen LogP) is 3.63. The van der Waals surface area contributed by atoms with Crippen LogP contribution in [0.25, 0.3) is 0 Å². The molecular formula is C25H35N3O3. The van der Waals surface area contributed by atoms with Crippen LogP contribution in [0.3, 0.4) is 0 Å². The van der Waals surface area contributed by atoms with E-state index >= 15 is 0 Å². The van der Waals surface area contributed by atoms with Crippen molar-refractivity contribution in [3.63, 3.8) is 0 Å². The molecule has 2 aromatic carbocycles. The van der Waals surface area contributed by atoms with Crippen molar-refractivity contribution in [1.29, 1.82) is 0 Å². The van der Waals surface area contributed by atoms with Crippen LogP contribution in [0.2, 0.25) is 0 Å². The molecule has 1 amide bonds. The van der Waals surface area contributed by atoms with E-state index in [0.29, 0.717) is 23.4 Å². The molecule has 3 rings (SSSR count). The molecule has 2 atom stereocenters. The van der Waals surface area contributed by atoms with Gasteiger partial charge < -0.3 is 20.1 Å². The van der Waals surface area contributed by atoms with Crippen LogP contribution in [0.5, 0.6) is 5.75 Å². The summed E-state index contributed by atoms with van der Waals surface area (Å²) in [6.45, 7) is 10.6. The number of anilines is 1. The molecule has 1 fully saturated rings. The predicted molar refractivity (Wildman–Crippen MR) is 125 cm³/mol. The Hall–Kier alpha value is -2.41. The lowest BCUT2D eigenvalue weighted by Crippen LogP contribution is -2.51. The molecule has 6 nitrogen and oxygen atoms in total. The maximum atomic E-state index is 13.4. The number of morpholine rings is 1. The number of nitrogens with zero attached hydrogens (tertiary/aromatic N) is 1. The van der Waals surface area contributed by atoms with Crippen molar-refractivity contribution in [2.24, 2.45) is 5.92 Å². The van der Waals surface area contributed by atoms with Gasteiger partial charge in [0.15, 0.2) is 0 Å². The van der Waals surface area contributed by atoms with Gasteiger partial charge in [0.05, 0.1) is 26.0 Å². The standard InChI is InChI=1S/C25H35N3O3/c1-18(2)22(28-12-14-31-15-13-28)17-26-24(20-8-6-5-7-9-20)25(29)27-21-16-19(3)10-11-23(21)30-4/h5-11,16,18,22,24,26H,12-15,17H2,1-4H3,(H,27,29)/t22-,24-/m1/s1. The van der Waals surface area contributed by atoms with Crippen molar-refractivity contribution in [2.45, 2.75) is 32.9 Å². The van der Waals surface area contributed by atoms with Crippen molar-refractivity contribution in [3.05, 3.63) is 59.7 Å². The monoisotopic (exact) mass is 425 g/mol. The van der Waals surface area contributed by atoms with Crippen LogP contribution in [0.15, 0.2) is 48.5 Å². The Morgan fingerprint density at radius 3 is 2.48 bits per heavy atom.